The monoisotopic (exact) mass is 452 g/mol. The molecule has 3 aromatic rings. The van der Waals surface area contributed by atoms with E-state index in [2.05, 4.69) is 28.6 Å². The number of amides is 1. The second kappa shape index (κ2) is 11.7. The van der Waals surface area contributed by atoms with Gasteiger partial charge in [-0.15, -0.1) is 10.2 Å². The number of ether oxygens (including phenoxy) is 1. The molecule has 1 atom stereocenters. The number of hydrogen-bond donors (Lipinski definition) is 0. The maximum absolute atomic E-state index is 12.8. The number of rotatable bonds is 11. The molecule has 32 heavy (non-hydrogen) atoms. The van der Waals surface area contributed by atoms with Crippen LogP contribution < -0.4 is 4.74 Å². The lowest BCUT2D eigenvalue weighted by Gasteiger charge is -2.25. The van der Waals surface area contributed by atoms with Crippen molar-refractivity contribution in [3.05, 3.63) is 72.1 Å². The maximum Gasteiger partial charge on any atom is 0.233 e. The first kappa shape index (κ1) is 23.9. The fourth-order valence-electron chi connectivity index (χ4n) is 3.21. The van der Waals surface area contributed by atoms with Crippen LogP contribution in [0.3, 0.4) is 0 Å². The average molecular weight is 453 g/mol. The molecule has 1 unspecified atom stereocenters. The van der Waals surface area contributed by atoms with E-state index in [0.717, 1.165) is 35.3 Å². The van der Waals surface area contributed by atoms with Crippen LogP contribution >= 0.6 is 11.8 Å². The molecule has 0 bridgehead atoms. The number of nitrogens with zero attached hydrogens (tertiary/aromatic N) is 4. The summed E-state index contributed by atoms with van der Waals surface area (Å²) in [5, 5.41) is 9.48. The van der Waals surface area contributed by atoms with Crippen LogP contribution in [0, 0.1) is 5.92 Å². The molecule has 1 heterocycles. The summed E-state index contributed by atoms with van der Waals surface area (Å²) in [5.41, 5.74) is 1.12. The Morgan fingerprint density at radius 3 is 2.34 bits per heavy atom. The van der Waals surface area contributed by atoms with Gasteiger partial charge in [-0.1, -0.05) is 74.1 Å². The molecule has 0 aliphatic rings. The number of benzene rings is 2. The van der Waals surface area contributed by atoms with Crippen molar-refractivity contribution >= 4 is 17.7 Å². The number of hydrogen-bond acceptors (Lipinski definition) is 5. The quantitative estimate of drug-likeness (QED) is 0.374. The van der Waals surface area contributed by atoms with Crippen LogP contribution in [0.15, 0.2) is 65.8 Å². The average Bonchev–Trinajstić information content (AvgIpc) is 3.21. The van der Waals surface area contributed by atoms with Gasteiger partial charge in [0.15, 0.2) is 11.0 Å². The number of aromatic nitrogens is 3. The van der Waals surface area contributed by atoms with Gasteiger partial charge in [-0.25, -0.2) is 0 Å². The summed E-state index contributed by atoms with van der Waals surface area (Å²) in [4.78, 5) is 14.6. The van der Waals surface area contributed by atoms with Crippen molar-refractivity contribution in [2.45, 2.75) is 51.5 Å². The van der Waals surface area contributed by atoms with Crippen LogP contribution in [0.5, 0.6) is 5.75 Å². The third kappa shape index (κ3) is 6.60. The van der Waals surface area contributed by atoms with Gasteiger partial charge in [0.1, 0.15) is 12.4 Å². The zero-order chi connectivity index (χ0) is 22.9. The molecule has 0 spiro atoms. The summed E-state index contributed by atoms with van der Waals surface area (Å²) in [6.07, 6.45) is 1.00. The van der Waals surface area contributed by atoms with Crippen LogP contribution in [0.25, 0.3) is 0 Å². The van der Waals surface area contributed by atoms with Gasteiger partial charge >= 0.3 is 0 Å². The smallest absolute Gasteiger partial charge is 0.233 e. The second-order valence-electron chi connectivity index (χ2n) is 8.21. The Labute approximate surface area is 195 Å². The molecule has 0 aliphatic heterocycles. The summed E-state index contributed by atoms with van der Waals surface area (Å²) >= 11 is 1.43. The summed E-state index contributed by atoms with van der Waals surface area (Å²) in [7, 11) is 1.85. The third-order valence-electron chi connectivity index (χ3n) is 5.42. The van der Waals surface area contributed by atoms with Crippen molar-refractivity contribution in [1.29, 1.82) is 0 Å². The van der Waals surface area contributed by atoms with Gasteiger partial charge in [0.05, 0.1) is 11.8 Å². The summed E-state index contributed by atoms with van der Waals surface area (Å²) in [6.45, 7) is 7.57. The molecule has 170 valence electrons. The highest BCUT2D eigenvalue weighted by Crippen LogP contribution is 2.23. The van der Waals surface area contributed by atoms with Gasteiger partial charge in [-0.3, -0.25) is 4.79 Å². The van der Waals surface area contributed by atoms with Crippen LogP contribution in [0.4, 0.5) is 0 Å². The Hall–Kier alpha value is -2.80. The lowest BCUT2D eigenvalue weighted by atomic mass is 10.1. The van der Waals surface area contributed by atoms with E-state index in [-0.39, 0.29) is 11.9 Å². The molecule has 7 heteroatoms. The second-order valence-corrected chi connectivity index (χ2v) is 9.16. The van der Waals surface area contributed by atoms with Crippen LogP contribution in [0.1, 0.15) is 44.6 Å². The Bertz CT molecular complexity index is 976. The summed E-state index contributed by atoms with van der Waals surface area (Å²) < 4.78 is 7.97. The van der Waals surface area contributed by atoms with Gasteiger partial charge in [-0.05, 0) is 37.0 Å². The van der Waals surface area contributed by atoms with Crippen molar-refractivity contribution in [2.75, 3.05) is 12.8 Å². The molecule has 0 fully saturated rings. The molecule has 0 saturated carbocycles. The first-order chi connectivity index (χ1) is 15.5. The minimum Gasteiger partial charge on any atom is -0.486 e. The molecular formula is C25H32N4O2S. The van der Waals surface area contributed by atoms with Crippen LogP contribution in [-0.2, 0) is 17.9 Å². The third-order valence-corrected chi connectivity index (χ3v) is 6.37. The van der Waals surface area contributed by atoms with E-state index in [0.29, 0.717) is 18.3 Å². The molecule has 0 aliphatic carbocycles. The zero-order valence-corrected chi connectivity index (χ0v) is 20.1. The summed E-state index contributed by atoms with van der Waals surface area (Å²) in [5.74, 6) is 2.50. The predicted molar refractivity (Wildman–Crippen MR) is 129 cm³/mol. The van der Waals surface area contributed by atoms with Gasteiger partial charge in [0.25, 0.3) is 0 Å². The van der Waals surface area contributed by atoms with E-state index in [1.54, 1.807) is 4.90 Å². The van der Waals surface area contributed by atoms with E-state index in [1.807, 2.05) is 74.6 Å². The highest BCUT2D eigenvalue weighted by Gasteiger charge is 2.20. The Kier molecular flexibility index (Phi) is 8.73. The van der Waals surface area contributed by atoms with Crippen LogP contribution in [-0.4, -0.2) is 38.4 Å². The van der Waals surface area contributed by atoms with Crippen molar-refractivity contribution in [1.82, 2.24) is 19.7 Å². The normalized spacial score (nSPS) is 12.0. The molecule has 0 saturated heterocycles. The Balaban J connectivity index is 1.65. The maximum atomic E-state index is 12.8. The molecule has 6 nitrogen and oxygen atoms in total. The molecule has 0 N–H and O–H groups in total. The number of carbonyl (C=O) groups excluding carboxylic acids is 1. The number of thioether (sulfide) groups is 1. The van der Waals surface area contributed by atoms with E-state index in [1.165, 1.54) is 11.8 Å². The van der Waals surface area contributed by atoms with Gasteiger partial charge in [-0.2, -0.15) is 0 Å². The highest BCUT2D eigenvalue weighted by atomic mass is 32.2. The largest absolute Gasteiger partial charge is 0.486 e. The zero-order valence-electron chi connectivity index (χ0n) is 19.3. The standard InChI is InChI=1S/C25H32N4O2S/c1-19(2)15-16-29-23(17-31-22-13-9-6-10-14-22)26-27-25(29)32-18-24(30)28(4)20(3)21-11-7-5-8-12-21/h5-14,19-20H,15-18H2,1-4H3. The van der Waals surface area contributed by atoms with Crippen molar-refractivity contribution in [3.8, 4) is 5.75 Å². The number of para-hydroxylation sites is 1. The molecule has 1 aromatic heterocycles. The molecule has 2 aromatic carbocycles. The van der Waals surface area contributed by atoms with E-state index in [9.17, 15) is 4.79 Å². The fourth-order valence-corrected chi connectivity index (χ4v) is 4.12. The van der Waals surface area contributed by atoms with E-state index >= 15 is 0 Å². The SMILES string of the molecule is CC(C)CCn1c(COc2ccccc2)nnc1SCC(=O)N(C)C(C)c1ccccc1. The lowest BCUT2D eigenvalue weighted by molar-refractivity contribution is -0.128. The minimum absolute atomic E-state index is 0.0120. The van der Waals surface area contributed by atoms with Gasteiger partial charge in [0, 0.05) is 13.6 Å². The molecular weight excluding hydrogens is 420 g/mol. The Morgan fingerprint density at radius 1 is 1.03 bits per heavy atom. The minimum atomic E-state index is 0.0120. The lowest BCUT2D eigenvalue weighted by Crippen LogP contribution is -2.31. The van der Waals surface area contributed by atoms with Crippen LogP contribution in [0.2, 0.25) is 0 Å². The van der Waals surface area contributed by atoms with E-state index < -0.39 is 0 Å². The van der Waals surface area contributed by atoms with Crippen molar-refractivity contribution < 1.29 is 9.53 Å². The topological polar surface area (TPSA) is 60.2 Å². The molecule has 1 amide bonds. The van der Waals surface area contributed by atoms with Gasteiger partial charge in [0.2, 0.25) is 5.91 Å². The Morgan fingerprint density at radius 2 is 1.69 bits per heavy atom. The van der Waals surface area contributed by atoms with Crippen molar-refractivity contribution in [2.24, 2.45) is 5.92 Å². The van der Waals surface area contributed by atoms with Crippen molar-refractivity contribution in [3.63, 3.8) is 0 Å². The molecule has 0 radical (unpaired) electrons. The number of carbonyl (C=O) groups is 1. The highest BCUT2D eigenvalue weighted by molar-refractivity contribution is 7.99. The molecule has 3 rings (SSSR count). The predicted octanol–water partition coefficient (Wildman–Crippen LogP) is 5.21. The first-order valence-corrected chi connectivity index (χ1v) is 12.0. The van der Waals surface area contributed by atoms with E-state index in [4.69, 9.17) is 4.74 Å². The first-order valence-electron chi connectivity index (χ1n) is 11.0. The van der Waals surface area contributed by atoms with Gasteiger partial charge < -0.3 is 14.2 Å². The fraction of sp³-hybridized carbons (Fsp3) is 0.400. The summed E-state index contributed by atoms with van der Waals surface area (Å²) in [6, 6.07) is 19.8.